The summed E-state index contributed by atoms with van der Waals surface area (Å²) < 4.78 is 11.6. The van der Waals surface area contributed by atoms with Crippen molar-refractivity contribution in [3.8, 4) is 11.5 Å². The molecule has 106 valence electrons. The standard InChI is InChI=1S/C16H25NO2/c1-3-17(4-2)11-7-13-19-16-10-5-9-15-14(16)8-6-12-18-15/h5,9-10H,3-4,6-8,11-13H2,1-2H3. The smallest absolute Gasteiger partial charge is 0.126 e. The molecule has 0 amide bonds. The molecule has 2 rings (SSSR count). The van der Waals surface area contributed by atoms with Crippen LogP contribution in [0.25, 0.3) is 0 Å². The molecule has 0 saturated carbocycles. The predicted molar refractivity (Wildman–Crippen MR) is 78.2 cm³/mol. The summed E-state index contributed by atoms with van der Waals surface area (Å²) in [4.78, 5) is 2.42. The van der Waals surface area contributed by atoms with E-state index in [-0.39, 0.29) is 0 Å². The summed E-state index contributed by atoms with van der Waals surface area (Å²) in [6, 6.07) is 6.12. The summed E-state index contributed by atoms with van der Waals surface area (Å²) in [5.41, 5.74) is 1.25. The first-order chi connectivity index (χ1) is 9.35. The van der Waals surface area contributed by atoms with Gasteiger partial charge in [0.25, 0.3) is 0 Å². The highest BCUT2D eigenvalue weighted by Gasteiger charge is 2.14. The van der Waals surface area contributed by atoms with Crippen LogP contribution in [0.3, 0.4) is 0 Å². The van der Waals surface area contributed by atoms with Crippen molar-refractivity contribution in [1.29, 1.82) is 0 Å². The van der Waals surface area contributed by atoms with E-state index >= 15 is 0 Å². The molecule has 1 aliphatic heterocycles. The second kappa shape index (κ2) is 7.39. The van der Waals surface area contributed by atoms with Gasteiger partial charge in [0.1, 0.15) is 11.5 Å². The van der Waals surface area contributed by atoms with Crippen LogP contribution in [0.2, 0.25) is 0 Å². The Bertz CT molecular complexity index is 388. The summed E-state index contributed by atoms with van der Waals surface area (Å²) in [6.07, 6.45) is 3.24. The molecule has 0 atom stereocenters. The molecule has 0 radical (unpaired) electrons. The molecule has 0 spiro atoms. The van der Waals surface area contributed by atoms with Gasteiger partial charge in [-0.2, -0.15) is 0 Å². The molecule has 3 heteroatoms. The lowest BCUT2D eigenvalue weighted by molar-refractivity contribution is 0.242. The molecule has 1 aromatic rings. The number of fused-ring (bicyclic) bond motifs is 1. The van der Waals surface area contributed by atoms with E-state index in [0.717, 1.165) is 63.6 Å². The van der Waals surface area contributed by atoms with E-state index in [1.807, 2.05) is 12.1 Å². The zero-order chi connectivity index (χ0) is 13.5. The highest BCUT2D eigenvalue weighted by atomic mass is 16.5. The van der Waals surface area contributed by atoms with Gasteiger partial charge in [-0.1, -0.05) is 19.9 Å². The average Bonchev–Trinajstić information content (AvgIpc) is 2.47. The minimum absolute atomic E-state index is 0.785. The van der Waals surface area contributed by atoms with E-state index in [9.17, 15) is 0 Å². The maximum atomic E-state index is 5.94. The molecule has 0 saturated heterocycles. The van der Waals surface area contributed by atoms with Crippen molar-refractivity contribution < 1.29 is 9.47 Å². The second-order valence-electron chi connectivity index (χ2n) is 4.91. The topological polar surface area (TPSA) is 21.7 Å². The van der Waals surface area contributed by atoms with Crippen LogP contribution in [0.4, 0.5) is 0 Å². The molecule has 1 heterocycles. The summed E-state index contributed by atoms with van der Waals surface area (Å²) in [7, 11) is 0. The van der Waals surface area contributed by atoms with Crippen LogP contribution in [0.15, 0.2) is 18.2 Å². The Morgan fingerprint density at radius 2 is 2.11 bits per heavy atom. The van der Waals surface area contributed by atoms with E-state index < -0.39 is 0 Å². The fourth-order valence-corrected chi connectivity index (χ4v) is 2.50. The molecule has 1 aliphatic rings. The van der Waals surface area contributed by atoms with Crippen LogP contribution < -0.4 is 9.47 Å². The molecule has 0 bridgehead atoms. The Labute approximate surface area is 116 Å². The summed E-state index contributed by atoms with van der Waals surface area (Å²) in [5.74, 6) is 2.02. The largest absolute Gasteiger partial charge is 0.493 e. The highest BCUT2D eigenvalue weighted by Crippen LogP contribution is 2.32. The zero-order valence-electron chi connectivity index (χ0n) is 12.2. The van der Waals surface area contributed by atoms with Crippen molar-refractivity contribution in [3.05, 3.63) is 23.8 Å². The summed E-state index contributed by atoms with van der Waals surface area (Å²) in [6.45, 7) is 9.37. The van der Waals surface area contributed by atoms with Crippen LogP contribution in [0.5, 0.6) is 11.5 Å². The van der Waals surface area contributed by atoms with Gasteiger partial charge in [-0.25, -0.2) is 0 Å². The molecule has 0 N–H and O–H groups in total. The van der Waals surface area contributed by atoms with Crippen molar-refractivity contribution in [2.75, 3.05) is 32.8 Å². The van der Waals surface area contributed by atoms with Crippen molar-refractivity contribution in [2.45, 2.75) is 33.1 Å². The molecular weight excluding hydrogens is 238 g/mol. The van der Waals surface area contributed by atoms with Gasteiger partial charge in [0, 0.05) is 12.1 Å². The summed E-state index contributed by atoms with van der Waals surface area (Å²) in [5, 5.41) is 0. The molecular formula is C16H25NO2. The van der Waals surface area contributed by atoms with Crippen LogP contribution in [-0.2, 0) is 6.42 Å². The molecule has 0 fully saturated rings. The normalized spacial score (nSPS) is 14.1. The third kappa shape index (κ3) is 3.87. The van der Waals surface area contributed by atoms with Gasteiger partial charge in [-0.15, -0.1) is 0 Å². The van der Waals surface area contributed by atoms with Gasteiger partial charge in [-0.05, 0) is 44.5 Å². The number of nitrogens with zero attached hydrogens (tertiary/aromatic N) is 1. The number of benzene rings is 1. The molecule has 0 aliphatic carbocycles. The van der Waals surface area contributed by atoms with Gasteiger partial charge in [0.15, 0.2) is 0 Å². The van der Waals surface area contributed by atoms with Crippen LogP contribution >= 0.6 is 0 Å². The Morgan fingerprint density at radius 3 is 2.89 bits per heavy atom. The quantitative estimate of drug-likeness (QED) is 0.706. The minimum Gasteiger partial charge on any atom is -0.493 e. The van der Waals surface area contributed by atoms with E-state index in [2.05, 4.69) is 24.8 Å². The highest BCUT2D eigenvalue weighted by molar-refractivity contribution is 5.45. The van der Waals surface area contributed by atoms with Gasteiger partial charge in [0.05, 0.1) is 13.2 Å². The first-order valence-electron chi connectivity index (χ1n) is 7.45. The fraction of sp³-hybridized carbons (Fsp3) is 0.625. The molecule has 0 aromatic heterocycles. The summed E-state index contributed by atoms with van der Waals surface area (Å²) >= 11 is 0. The maximum Gasteiger partial charge on any atom is 0.126 e. The van der Waals surface area contributed by atoms with Gasteiger partial charge < -0.3 is 14.4 Å². The molecule has 3 nitrogen and oxygen atoms in total. The first-order valence-corrected chi connectivity index (χ1v) is 7.45. The molecule has 19 heavy (non-hydrogen) atoms. The number of hydrogen-bond acceptors (Lipinski definition) is 3. The van der Waals surface area contributed by atoms with Crippen LogP contribution in [0, 0.1) is 0 Å². The van der Waals surface area contributed by atoms with E-state index in [1.165, 1.54) is 5.56 Å². The molecule has 1 aromatic carbocycles. The monoisotopic (exact) mass is 263 g/mol. The Hall–Kier alpha value is -1.22. The number of rotatable bonds is 7. The van der Waals surface area contributed by atoms with Gasteiger partial charge in [0.2, 0.25) is 0 Å². The minimum atomic E-state index is 0.785. The second-order valence-corrected chi connectivity index (χ2v) is 4.91. The first kappa shape index (κ1) is 14.2. The predicted octanol–water partition coefficient (Wildman–Crippen LogP) is 3.12. The Balaban J connectivity index is 1.83. The SMILES string of the molecule is CCN(CC)CCCOc1cccc2c1CCCO2. The van der Waals surface area contributed by atoms with E-state index in [1.54, 1.807) is 0 Å². The van der Waals surface area contributed by atoms with Crippen LogP contribution in [0.1, 0.15) is 32.3 Å². The van der Waals surface area contributed by atoms with E-state index in [4.69, 9.17) is 9.47 Å². The fourth-order valence-electron chi connectivity index (χ4n) is 2.50. The van der Waals surface area contributed by atoms with Gasteiger partial charge >= 0.3 is 0 Å². The zero-order valence-corrected chi connectivity index (χ0v) is 12.2. The Morgan fingerprint density at radius 1 is 1.26 bits per heavy atom. The number of hydrogen-bond donors (Lipinski definition) is 0. The van der Waals surface area contributed by atoms with Crippen molar-refractivity contribution in [3.63, 3.8) is 0 Å². The number of ether oxygens (including phenoxy) is 2. The van der Waals surface area contributed by atoms with E-state index in [0.29, 0.717) is 0 Å². The van der Waals surface area contributed by atoms with Crippen molar-refractivity contribution in [2.24, 2.45) is 0 Å². The maximum absolute atomic E-state index is 5.94. The lowest BCUT2D eigenvalue weighted by Gasteiger charge is -2.21. The third-order valence-electron chi connectivity index (χ3n) is 3.69. The Kier molecular flexibility index (Phi) is 5.52. The van der Waals surface area contributed by atoms with Crippen molar-refractivity contribution >= 4 is 0 Å². The molecule has 0 unspecified atom stereocenters. The third-order valence-corrected chi connectivity index (χ3v) is 3.69. The lowest BCUT2D eigenvalue weighted by Crippen LogP contribution is -2.25. The van der Waals surface area contributed by atoms with Crippen LogP contribution in [-0.4, -0.2) is 37.7 Å². The van der Waals surface area contributed by atoms with Gasteiger partial charge in [-0.3, -0.25) is 0 Å². The average molecular weight is 263 g/mol. The lowest BCUT2D eigenvalue weighted by atomic mass is 10.1. The van der Waals surface area contributed by atoms with Crippen molar-refractivity contribution in [1.82, 2.24) is 4.90 Å².